The highest BCUT2D eigenvalue weighted by Gasteiger charge is 2.24. The average molecular weight is 228 g/mol. The maximum Gasteiger partial charge on any atom is 0.322 e. The minimum atomic E-state index is -0.736. The van der Waals surface area contributed by atoms with Gasteiger partial charge in [0.15, 0.2) is 0 Å². The summed E-state index contributed by atoms with van der Waals surface area (Å²) in [4.78, 5) is 13.3. The van der Waals surface area contributed by atoms with Crippen molar-refractivity contribution < 1.29 is 9.90 Å². The molecule has 94 valence electrons. The van der Waals surface area contributed by atoms with Crippen molar-refractivity contribution in [2.45, 2.75) is 39.2 Å². The van der Waals surface area contributed by atoms with Crippen LogP contribution < -0.4 is 5.32 Å². The standard InChI is InChI=1S/C12H24N2O2/c1-3-10-6-5-7-14(8-10)9-11(12(15)16)13-4-2/h10-11,13H,3-9H2,1-2H3,(H,15,16). The van der Waals surface area contributed by atoms with E-state index in [-0.39, 0.29) is 0 Å². The lowest BCUT2D eigenvalue weighted by Gasteiger charge is -2.33. The molecule has 0 spiro atoms. The highest BCUT2D eigenvalue weighted by Crippen LogP contribution is 2.19. The molecule has 1 heterocycles. The van der Waals surface area contributed by atoms with Crippen molar-refractivity contribution in [1.29, 1.82) is 0 Å². The van der Waals surface area contributed by atoms with Crippen LogP contribution in [0.2, 0.25) is 0 Å². The Morgan fingerprint density at radius 2 is 2.31 bits per heavy atom. The first kappa shape index (κ1) is 13.5. The number of piperidine rings is 1. The Hall–Kier alpha value is -0.610. The van der Waals surface area contributed by atoms with E-state index in [0.717, 1.165) is 19.0 Å². The van der Waals surface area contributed by atoms with Gasteiger partial charge in [0, 0.05) is 13.1 Å². The normalized spacial score (nSPS) is 24.2. The molecule has 0 amide bonds. The van der Waals surface area contributed by atoms with Crippen molar-refractivity contribution in [2.75, 3.05) is 26.2 Å². The Kier molecular flexibility index (Phi) is 5.77. The summed E-state index contributed by atoms with van der Waals surface area (Å²) in [6, 6.07) is -0.416. The summed E-state index contributed by atoms with van der Waals surface area (Å²) >= 11 is 0. The van der Waals surface area contributed by atoms with E-state index in [4.69, 9.17) is 5.11 Å². The van der Waals surface area contributed by atoms with Crippen LogP contribution in [0.1, 0.15) is 33.1 Å². The Morgan fingerprint density at radius 3 is 2.88 bits per heavy atom. The van der Waals surface area contributed by atoms with E-state index in [1.807, 2.05) is 6.92 Å². The first-order chi connectivity index (χ1) is 7.67. The molecule has 0 saturated carbocycles. The molecule has 0 aromatic heterocycles. The molecular weight excluding hydrogens is 204 g/mol. The van der Waals surface area contributed by atoms with Gasteiger partial charge < -0.3 is 15.3 Å². The summed E-state index contributed by atoms with van der Waals surface area (Å²) in [6.45, 7) is 7.62. The van der Waals surface area contributed by atoms with Crippen LogP contribution >= 0.6 is 0 Å². The monoisotopic (exact) mass is 228 g/mol. The smallest absolute Gasteiger partial charge is 0.322 e. The van der Waals surface area contributed by atoms with Crippen molar-refractivity contribution in [1.82, 2.24) is 10.2 Å². The lowest BCUT2D eigenvalue weighted by Crippen LogP contribution is -2.48. The van der Waals surface area contributed by atoms with E-state index < -0.39 is 12.0 Å². The number of aliphatic carboxylic acids is 1. The van der Waals surface area contributed by atoms with E-state index >= 15 is 0 Å². The van der Waals surface area contributed by atoms with Crippen molar-refractivity contribution in [3.8, 4) is 0 Å². The molecule has 4 heteroatoms. The van der Waals surface area contributed by atoms with Gasteiger partial charge in [0.25, 0.3) is 0 Å². The molecule has 0 aromatic carbocycles. The number of carboxylic acids is 1. The van der Waals surface area contributed by atoms with Gasteiger partial charge in [-0.1, -0.05) is 20.3 Å². The highest BCUT2D eigenvalue weighted by molar-refractivity contribution is 5.73. The second-order valence-corrected chi connectivity index (χ2v) is 4.62. The molecule has 2 unspecified atom stereocenters. The highest BCUT2D eigenvalue weighted by atomic mass is 16.4. The van der Waals surface area contributed by atoms with Gasteiger partial charge in [-0.15, -0.1) is 0 Å². The largest absolute Gasteiger partial charge is 0.480 e. The number of hydrogen-bond acceptors (Lipinski definition) is 3. The summed E-state index contributed by atoms with van der Waals surface area (Å²) in [5.74, 6) is 0.0188. The van der Waals surface area contributed by atoms with Crippen molar-refractivity contribution in [3.05, 3.63) is 0 Å². The Bertz CT molecular complexity index is 221. The van der Waals surface area contributed by atoms with Crippen LogP contribution in [0.3, 0.4) is 0 Å². The van der Waals surface area contributed by atoms with Gasteiger partial charge in [0.1, 0.15) is 6.04 Å². The quantitative estimate of drug-likeness (QED) is 0.716. The van der Waals surface area contributed by atoms with E-state index in [2.05, 4.69) is 17.1 Å². The molecule has 0 aromatic rings. The van der Waals surface area contributed by atoms with E-state index in [0.29, 0.717) is 13.1 Å². The fraction of sp³-hybridized carbons (Fsp3) is 0.917. The van der Waals surface area contributed by atoms with E-state index in [1.165, 1.54) is 19.3 Å². The van der Waals surface area contributed by atoms with Crippen molar-refractivity contribution >= 4 is 5.97 Å². The summed E-state index contributed by atoms with van der Waals surface area (Å²) in [6.07, 6.45) is 3.71. The maximum atomic E-state index is 11.0. The van der Waals surface area contributed by atoms with Gasteiger partial charge in [-0.2, -0.15) is 0 Å². The van der Waals surface area contributed by atoms with Crippen molar-refractivity contribution in [3.63, 3.8) is 0 Å². The molecule has 4 nitrogen and oxygen atoms in total. The van der Waals surface area contributed by atoms with Gasteiger partial charge in [-0.3, -0.25) is 4.79 Å². The fourth-order valence-corrected chi connectivity index (χ4v) is 2.38. The molecule has 2 N–H and O–H groups in total. The lowest BCUT2D eigenvalue weighted by atomic mass is 9.95. The maximum absolute atomic E-state index is 11.0. The number of carbonyl (C=O) groups is 1. The zero-order chi connectivity index (χ0) is 12.0. The summed E-state index contributed by atoms with van der Waals surface area (Å²) in [5.41, 5.74) is 0. The molecular formula is C12H24N2O2. The van der Waals surface area contributed by atoms with Gasteiger partial charge in [0.05, 0.1) is 0 Å². The molecule has 0 aliphatic carbocycles. The SMILES string of the molecule is CCNC(CN1CCCC(CC)C1)C(=O)O. The van der Waals surface area contributed by atoms with Crippen LogP contribution in [0.25, 0.3) is 0 Å². The summed E-state index contributed by atoms with van der Waals surface area (Å²) < 4.78 is 0. The predicted molar refractivity (Wildman–Crippen MR) is 64.6 cm³/mol. The van der Waals surface area contributed by atoms with Crippen LogP contribution in [0, 0.1) is 5.92 Å². The van der Waals surface area contributed by atoms with E-state index in [9.17, 15) is 4.79 Å². The predicted octanol–water partition coefficient (Wildman–Crippen LogP) is 1.17. The minimum absolute atomic E-state index is 0.416. The number of nitrogens with one attached hydrogen (secondary N) is 1. The molecule has 1 aliphatic rings. The number of likely N-dealkylation sites (tertiary alicyclic amines) is 1. The zero-order valence-electron chi connectivity index (χ0n) is 10.4. The number of carboxylic acid groups (broad SMARTS) is 1. The lowest BCUT2D eigenvalue weighted by molar-refractivity contribution is -0.140. The number of hydrogen-bond donors (Lipinski definition) is 2. The number of likely N-dealkylation sites (N-methyl/N-ethyl adjacent to an activating group) is 1. The van der Waals surface area contributed by atoms with E-state index in [1.54, 1.807) is 0 Å². The van der Waals surface area contributed by atoms with Crippen molar-refractivity contribution in [2.24, 2.45) is 5.92 Å². The van der Waals surface area contributed by atoms with Crippen LogP contribution in [0.15, 0.2) is 0 Å². The fourth-order valence-electron chi connectivity index (χ4n) is 2.38. The Balaban J connectivity index is 2.41. The number of nitrogens with zero attached hydrogens (tertiary/aromatic N) is 1. The molecule has 0 bridgehead atoms. The first-order valence-electron chi connectivity index (χ1n) is 6.35. The third-order valence-electron chi connectivity index (χ3n) is 3.37. The summed E-state index contributed by atoms with van der Waals surface area (Å²) in [5, 5.41) is 12.1. The van der Waals surface area contributed by atoms with Gasteiger partial charge in [0.2, 0.25) is 0 Å². The minimum Gasteiger partial charge on any atom is -0.480 e. The second-order valence-electron chi connectivity index (χ2n) is 4.62. The van der Waals surface area contributed by atoms with Gasteiger partial charge >= 0.3 is 5.97 Å². The molecule has 0 radical (unpaired) electrons. The average Bonchev–Trinajstić information content (AvgIpc) is 2.28. The molecule has 1 saturated heterocycles. The van der Waals surface area contributed by atoms with Crippen LogP contribution in [-0.4, -0.2) is 48.2 Å². The summed E-state index contributed by atoms with van der Waals surface area (Å²) in [7, 11) is 0. The van der Waals surface area contributed by atoms with Crippen LogP contribution in [0.4, 0.5) is 0 Å². The zero-order valence-corrected chi connectivity index (χ0v) is 10.4. The van der Waals surface area contributed by atoms with Gasteiger partial charge in [-0.05, 0) is 31.8 Å². The molecule has 1 fully saturated rings. The Morgan fingerprint density at radius 1 is 1.56 bits per heavy atom. The third kappa shape index (κ3) is 4.10. The second kappa shape index (κ2) is 6.86. The molecule has 16 heavy (non-hydrogen) atoms. The molecule has 1 aliphatic heterocycles. The first-order valence-corrected chi connectivity index (χ1v) is 6.35. The topological polar surface area (TPSA) is 52.6 Å². The third-order valence-corrected chi connectivity index (χ3v) is 3.37. The molecule has 1 rings (SSSR count). The van der Waals surface area contributed by atoms with Crippen LogP contribution in [-0.2, 0) is 4.79 Å². The molecule has 2 atom stereocenters. The van der Waals surface area contributed by atoms with Gasteiger partial charge in [-0.25, -0.2) is 0 Å². The Labute approximate surface area is 98.0 Å². The van der Waals surface area contributed by atoms with Crippen LogP contribution in [0.5, 0.6) is 0 Å². The number of rotatable bonds is 6.